The molecule has 3 aromatic rings. The van der Waals surface area contributed by atoms with Crippen molar-refractivity contribution in [3.63, 3.8) is 0 Å². The number of nitrogens with one attached hydrogen (secondary N) is 1. The Labute approximate surface area is 202 Å². The summed E-state index contributed by atoms with van der Waals surface area (Å²) in [4.78, 5) is 22.2. The highest BCUT2D eigenvalue weighted by Gasteiger charge is 2.34. The number of carbonyl (C=O) groups excluding carboxylic acids is 1. The van der Waals surface area contributed by atoms with Gasteiger partial charge in [-0.2, -0.15) is 13.2 Å². The maximum absolute atomic E-state index is 13.6. The predicted octanol–water partition coefficient (Wildman–Crippen LogP) is 3.69. The second-order valence-corrected chi connectivity index (χ2v) is 8.74. The first-order valence-corrected chi connectivity index (χ1v) is 11.6. The third kappa shape index (κ3) is 6.16. The maximum atomic E-state index is 13.6. The van der Waals surface area contributed by atoms with Gasteiger partial charge in [-0.25, -0.2) is 9.97 Å². The summed E-state index contributed by atoms with van der Waals surface area (Å²) in [6, 6.07) is 13.2. The Morgan fingerprint density at radius 2 is 1.74 bits per heavy atom. The van der Waals surface area contributed by atoms with E-state index in [0.717, 1.165) is 54.8 Å². The maximum Gasteiger partial charge on any atom is 0.419 e. The number of piperazine rings is 1. The lowest BCUT2D eigenvalue weighted by Gasteiger charge is -2.29. The molecule has 2 aromatic carbocycles. The van der Waals surface area contributed by atoms with Gasteiger partial charge in [-0.05, 0) is 54.7 Å². The van der Waals surface area contributed by atoms with Crippen LogP contribution in [0.5, 0.6) is 0 Å². The van der Waals surface area contributed by atoms with Gasteiger partial charge in [-0.3, -0.25) is 4.79 Å². The van der Waals surface area contributed by atoms with Crippen LogP contribution < -0.4 is 16.0 Å². The molecule has 2 heterocycles. The first kappa shape index (κ1) is 24.7. The lowest BCUT2D eigenvalue weighted by atomic mass is 10.00. The van der Waals surface area contributed by atoms with Crippen molar-refractivity contribution in [3.05, 3.63) is 88.0 Å². The minimum atomic E-state index is -4.55. The fraction of sp³-hybridized carbons (Fsp3) is 0.346. The Morgan fingerprint density at radius 1 is 1.06 bits per heavy atom. The SMILES string of the molecule is Cc1ccc(CCc2nc(Cc3ccc(N4CCNCC4)cc3)ncc2C(F)(F)F)cc1C(N)=O. The number of aryl methyl sites for hydroxylation is 3. The molecular formula is C26H28F3N5O. The van der Waals surface area contributed by atoms with Crippen molar-refractivity contribution in [2.24, 2.45) is 5.73 Å². The van der Waals surface area contributed by atoms with Crippen molar-refractivity contribution < 1.29 is 18.0 Å². The van der Waals surface area contributed by atoms with Crippen molar-refractivity contribution in [2.45, 2.75) is 32.4 Å². The normalized spacial score (nSPS) is 14.2. The second kappa shape index (κ2) is 10.4. The van der Waals surface area contributed by atoms with Crippen LogP contribution in [0.25, 0.3) is 0 Å². The molecule has 0 spiro atoms. The van der Waals surface area contributed by atoms with Crippen LogP contribution in [0.2, 0.25) is 0 Å². The van der Waals surface area contributed by atoms with E-state index >= 15 is 0 Å². The van der Waals surface area contributed by atoms with Crippen molar-refractivity contribution in [1.82, 2.24) is 15.3 Å². The van der Waals surface area contributed by atoms with E-state index < -0.39 is 17.6 Å². The second-order valence-electron chi connectivity index (χ2n) is 8.74. The highest BCUT2D eigenvalue weighted by molar-refractivity contribution is 5.94. The zero-order valence-electron chi connectivity index (χ0n) is 19.5. The summed E-state index contributed by atoms with van der Waals surface area (Å²) < 4.78 is 40.9. The fourth-order valence-electron chi connectivity index (χ4n) is 4.25. The summed E-state index contributed by atoms with van der Waals surface area (Å²) in [6.45, 7) is 5.52. The van der Waals surface area contributed by atoms with Crippen LogP contribution >= 0.6 is 0 Å². The first-order chi connectivity index (χ1) is 16.7. The lowest BCUT2D eigenvalue weighted by molar-refractivity contribution is -0.138. The number of anilines is 1. The molecule has 1 aliphatic heterocycles. The minimum Gasteiger partial charge on any atom is -0.369 e. The number of benzene rings is 2. The van der Waals surface area contributed by atoms with Crippen LogP contribution in [-0.2, 0) is 25.4 Å². The van der Waals surface area contributed by atoms with E-state index in [0.29, 0.717) is 24.2 Å². The van der Waals surface area contributed by atoms with Gasteiger partial charge in [0.05, 0.1) is 11.3 Å². The molecular weight excluding hydrogens is 455 g/mol. The number of rotatable bonds is 7. The molecule has 1 aliphatic rings. The Hall–Kier alpha value is -3.46. The van der Waals surface area contributed by atoms with Crippen LogP contribution in [0.4, 0.5) is 18.9 Å². The van der Waals surface area contributed by atoms with Crippen molar-refractivity contribution >= 4 is 11.6 Å². The Balaban J connectivity index is 1.52. The Morgan fingerprint density at radius 3 is 2.40 bits per heavy atom. The third-order valence-corrected chi connectivity index (χ3v) is 6.22. The van der Waals surface area contributed by atoms with E-state index in [2.05, 4.69) is 20.2 Å². The van der Waals surface area contributed by atoms with Gasteiger partial charge in [0.25, 0.3) is 0 Å². The number of hydrogen-bond donors (Lipinski definition) is 2. The Bertz CT molecular complexity index is 1190. The number of halogens is 3. The highest BCUT2D eigenvalue weighted by atomic mass is 19.4. The minimum absolute atomic E-state index is 0.0545. The topological polar surface area (TPSA) is 84.1 Å². The van der Waals surface area contributed by atoms with Gasteiger partial charge < -0.3 is 16.0 Å². The molecule has 6 nitrogen and oxygen atoms in total. The quantitative estimate of drug-likeness (QED) is 0.536. The molecule has 0 atom stereocenters. The summed E-state index contributed by atoms with van der Waals surface area (Å²) >= 11 is 0. The van der Waals surface area contributed by atoms with E-state index in [9.17, 15) is 18.0 Å². The number of carbonyl (C=O) groups is 1. The van der Waals surface area contributed by atoms with E-state index in [-0.39, 0.29) is 12.1 Å². The molecule has 9 heteroatoms. The smallest absolute Gasteiger partial charge is 0.369 e. The van der Waals surface area contributed by atoms with E-state index in [4.69, 9.17) is 5.73 Å². The molecule has 0 saturated carbocycles. The average molecular weight is 484 g/mol. The van der Waals surface area contributed by atoms with Gasteiger partial charge in [0, 0.05) is 50.0 Å². The monoisotopic (exact) mass is 483 g/mol. The van der Waals surface area contributed by atoms with E-state index in [1.807, 2.05) is 24.3 Å². The van der Waals surface area contributed by atoms with Crippen LogP contribution in [-0.4, -0.2) is 42.1 Å². The predicted molar refractivity (Wildman–Crippen MR) is 128 cm³/mol. The van der Waals surface area contributed by atoms with Crippen LogP contribution in [0, 0.1) is 6.92 Å². The fourth-order valence-corrected chi connectivity index (χ4v) is 4.25. The number of hydrogen-bond acceptors (Lipinski definition) is 5. The molecule has 1 fully saturated rings. The van der Waals surface area contributed by atoms with Crippen LogP contribution in [0.1, 0.15) is 44.1 Å². The van der Waals surface area contributed by atoms with Gasteiger partial charge in [0.1, 0.15) is 5.82 Å². The molecule has 1 amide bonds. The highest BCUT2D eigenvalue weighted by Crippen LogP contribution is 2.31. The molecule has 0 radical (unpaired) electrons. The van der Waals surface area contributed by atoms with Crippen molar-refractivity contribution in [2.75, 3.05) is 31.1 Å². The number of alkyl halides is 3. The molecule has 0 unspecified atom stereocenters. The zero-order chi connectivity index (χ0) is 25.0. The number of nitrogens with two attached hydrogens (primary N) is 1. The Kier molecular flexibility index (Phi) is 7.35. The van der Waals surface area contributed by atoms with E-state index in [1.54, 1.807) is 25.1 Å². The number of aromatic nitrogens is 2. The van der Waals surface area contributed by atoms with Crippen LogP contribution in [0.3, 0.4) is 0 Å². The third-order valence-electron chi connectivity index (χ3n) is 6.22. The van der Waals surface area contributed by atoms with Gasteiger partial charge in [0.15, 0.2) is 0 Å². The molecule has 3 N–H and O–H groups in total. The molecule has 184 valence electrons. The number of amides is 1. The molecule has 0 bridgehead atoms. The summed E-state index contributed by atoms with van der Waals surface area (Å²) in [5, 5.41) is 3.32. The average Bonchev–Trinajstić information content (AvgIpc) is 2.84. The lowest BCUT2D eigenvalue weighted by Crippen LogP contribution is -2.43. The number of nitrogens with zero attached hydrogens (tertiary/aromatic N) is 3. The number of primary amides is 1. The molecule has 1 saturated heterocycles. The zero-order valence-corrected chi connectivity index (χ0v) is 19.5. The molecule has 35 heavy (non-hydrogen) atoms. The molecule has 0 aliphatic carbocycles. The van der Waals surface area contributed by atoms with Gasteiger partial charge in [0.2, 0.25) is 5.91 Å². The summed E-state index contributed by atoms with van der Waals surface area (Å²) in [5.41, 5.74) is 8.38. The van der Waals surface area contributed by atoms with Crippen molar-refractivity contribution in [3.8, 4) is 0 Å². The first-order valence-electron chi connectivity index (χ1n) is 11.6. The van der Waals surface area contributed by atoms with Gasteiger partial charge >= 0.3 is 6.18 Å². The van der Waals surface area contributed by atoms with Gasteiger partial charge in [-0.15, -0.1) is 0 Å². The summed E-state index contributed by atoms with van der Waals surface area (Å²) in [6.07, 6.45) is -2.99. The standard InChI is InChI=1S/C26H28F3N5O/c1-17-2-3-18(14-21(17)25(30)35)6-9-23-22(26(27,28)29)16-32-24(33-23)15-19-4-7-20(8-5-19)34-12-10-31-11-13-34/h2-5,7-8,14,16,31H,6,9-13,15H2,1H3,(H2,30,35). The summed E-state index contributed by atoms with van der Waals surface area (Å²) in [7, 11) is 0. The molecule has 1 aromatic heterocycles. The van der Waals surface area contributed by atoms with Gasteiger partial charge in [-0.1, -0.05) is 24.3 Å². The van der Waals surface area contributed by atoms with Crippen LogP contribution in [0.15, 0.2) is 48.7 Å². The van der Waals surface area contributed by atoms with Crippen molar-refractivity contribution in [1.29, 1.82) is 0 Å². The largest absolute Gasteiger partial charge is 0.419 e. The van der Waals surface area contributed by atoms with E-state index in [1.165, 1.54) is 0 Å². The summed E-state index contributed by atoms with van der Waals surface area (Å²) in [5.74, 6) is -0.225. The molecule has 4 rings (SSSR count).